The minimum absolute atomic E-state index is 0.0194. The molecule has 0 saturated carbocycles. The van der Waals surface area contributed by atoms with Crippen molar-refractivity contribution in [2.24, 2.45) is 7.05 Å². The molecule has 29 heavy (non-hydrogen) atoms. The van der Waals surface area contributed by atoms with Gasteiger partial charge in [-0.05, 0) is 48.9 Å². The first-order valence-electron chi connectivity index (χ1n) is 9.16. The van der Waals surface area contributed by atoms with Gasteiger partial charge in [0.15, 0.2) is 23.0 Å². The van der Waals surface area contributed by atoms with Crippen LogP contribution in [0.4, 0.5) is 5.69 Å². The van der Waals surface area contributed by atoms with Crippen LogP contribution in [0.25, 0.3) is 11.3 Å². The number of methoxy groups -OCH3 is 2. The average molecular weight is 391 g/mol. The first-order valence-corrected chi connectivity index (χ1v) is 9.16. The highest BCUT2D eigenvalue weighted by atomic mass is 16.5. The zero-order chi connectivity index (χ0) is 20.7. The van der Waals surface area contributed by atoms with E-state index >= 15 is 0 Å². The standard InChI is InChI=1S/C22H21N3O4/c1-12(26)13-5-7-15(8-6-13)23-22(27)20-17-9-14-10-18(28-3)19(29-4)11-16(14)21(17)25(2)24-20/h5-8,10-11H,9H2,1-4H3,(H,23,27). The molecule has 0 unspecified atom stereocenters. The van der Waals surface area contributed by atoms with E-state index in [0.29, 0.717) is 34.9 Å². The molecule has 0 bridgehead atoms. The van der Waals surface area contributed by atoms with Crippen LogP contribution in [0.1, 0.15) is 38.9 Å². The van der Waals surface area contributed by atoms with Crippen molar-refractivity contribution in [1.82, 2.24) is 9.78 Å². The molecule has 1 aliphatic rings. The zero-order valence-corrected chi connectivity index (χ0v) is 16.7. The number of Topliss-reactive ketones (excluding diaryl/α,β-unsaturated/α-hetero) is 1. The molecule has 1 aliphatic carbocycles. The van der Waals surface area contributed by atoms with Gasteiger partial charge >= 0.3 is 0 Å². The van der Waals surface area contributed by atoms with Gasteiger partial charge in [-0.25, -0.2) is 0 Å². The Morgan fingerprint density at radius 3 is 2.34 bits per heavy atom. The monoisotopic (exact) mass is 391 g/mol. The van der Waals surface area contributed by atoms with E-state index in [1.807, 2.05) is 19.2 Å². The summed E-state index contributed by atoms with van der Waals surface area (Å²) in [4.78, 5) is 24.3. The Morgan fingerprint density at radius 2 is 1.72 bits per heavy atom. The third-order valence-electron chi connectivity index (χ3n) is 5.14. The number of ketones is 1. The van der Waals surface area contributed by atoms with Crippen LogP contribution < -0.4 is 14.8 Å². The summed E-state index contributed by atoms with van der Waals surface area (Å²) in [5.41, 5.74) is 5.40. The Morgan fingerprint density at radius 1 is 1.07 bits per heavy atom. The predicted octanol–water partition coefficient (Wildman–Crippen LogP) is 3.46. The number of rotatable bonds is 5. The van der Waals surface area contributed by atoms with Crippen molar-refractivity contribution < 1.29 is 19.1 Å². The average Bonchev–Trinajstić information content (AvgIpc) is 3.24. The Hall–Kier alpha value is -3.61. The number of hydrogen-bond acceptors (Lipinski definition) is 5. The molecule has 0 spiro atoms. The molecule has 1 aromatic heterocycles. The van der Waals surface area contributed by atoms with Gasteiger partial charge in [-0.2, -0.15) is 5.10 Å². The van der Waals surface area contributed by atoms with E-state index < -0.39 is 0 Å². The summed E-state index contributed by atoms with van der Waals surface area (Å²) in [6, 6.07) is 10.7. The van der Waals surface area contributed by atoms with Crippen LogP contribution in [0, 0.1) is 0 Å². The molecule has 0 saturated heterocycles. The summed E-state index contributed by atoms with van der Waals surface area (Å²) in [6.07, 6.45) is 0.588. The van der Waals surface area contributed by atoms with Crippen molar-refractivity contribution in [3.05, 3.63) is 58.8 Å². The number of ether oxygens (including phenoxy) is 2. The number of amides is 1. The van der Waals surface area contributed by atoms with Gasteiger partial charge in [0, 0.05) is 35.8 Å². The molecule has 3 aromatic rings. The molecule has 1 N–H and O–H groups in total. The molecule has 7 nitrogen and oxygen atoms in total. The maximum atomic E-state index is 12.9. The Labute approximate surface area is 168 Å². The minimum Gasteiger partial charge on any atom is -0.493 e. The number of nitrogens with one attached hydrogen (secondary N) is 1. The first kappa shape index (κ1) is 18.7. The Kier molecular flexibility index (Phi) is 4.58. The highest BCUT2D eigenvalue weighted by Crippen LogP contribution is 2.43. The number of aromatic nitrogens is 2. The highest BCUT2D eigenvalue weighted by molar-refractivity contribution is 6.06. The fraction of sp³-hybridized carbons (Fsp3) is 0.227. The van der Waals surface area contributed by atoms with Crippen molar-refractivity contribution in [3.63, 3.8) is 0 Å². The maximum absolute atomic E-state index is 12.9. The van der Waals surface area contributed by atoms with Gasteiger partial charge in [0.2, 0.25) is 0 Å². The number of aryl methyl sites for hydroxylation is 1. The second kappa shape index (κ2) is 7.09. The fourth-order valence-electron chi connectivity index (χ4n) is 3.71. The topological polar surface area (TPSA) is 82.4 Å². The SMILES string of the molecule is COc1cc2c(cc1OC)-c1c(c(C(=O)Nc3ccc(C(C)=O)cc3)nn1C)C2. The van der Waals surface area contributed by atoms with Crippen molar-refractivity contribution in [2.75, 3.05) is 19.5 Å². The number of nitrogens with zero attached hydrogens (tertiary/aromatic N) is 2. The number of carbonyl (C=O) groups excluding carboxylic acids is 2. The van der Waals surface area contributed by atoms with E-state index in [1.54, 1.807) is 43.2 Å². The molecule has 0 fully saturated rings. The molecule has 4 rings (SSSR count). The van der Waals surface area contributed by atoms with Crippen LogP contribution in [0.3, 0.4) is 0 Å². The van der Waals surface area contributed by atoms with E-state index in [2.05, 4.69) is 10.4 Å². The minimum atomic E-state index is -0.288. The van der Waals surface area contributed by atoms with E-state index in [9.17, 15) is 9.59 Å². The molecule has 2 aromatic carbocycles. The summed E-state index contributed by atoms with van der Waals surface area (Å²) in [6.45, 7) is 1.51. The van der Waals surface area contributed by atoms with E-state index in [0.717, 1.165) is 22.4 Å². The fourth-order valence-corrected chi connectivity index (χ4v) is 3.71. The third-order valence-corrected chi connectivity index (χ3v) is 5.14. The number of hydrogen-bond donors (Lipinski definition) is 1. The molecular formula is C22H21N3O4. The Bertz CT molecular complexity index is 1130. The number of benzene rings is 2. The van der Waals surface area contributed by atoms with Crippen molar-refractivity contribution in [3.8, 4) is 22.8 Å². The maximum Gasteiger partial charge on any atom is 0.276 e. The number of anilines is 1. The quantitative estimate of drug-likeness (QED) is 0.527. The molecule has 148 valence electrons. The molecule has 7 heteroatoms. The van der Waals surface area contributed by atoms with Crippen molar-refractivity contribution >= 4 is 17.4 Å². The molecule has 0 aliphatic heterocycles. The summed E-state index contributed by atoms with van der Waals surface area (Å²) < 4.78 is 12.5. The van der Waals surface area contributed by atoms with Crippen molar-refractivity contribution in [2.45, 2.75) is 13.3 Å². The lowest BCUT2D eigenvalue weighted by Crippen LogP contribution is -2.15. The number of fused-ring (bicyclic) bond motifs is 3. The van der Waals surface area contributed by atoms with Crippen LogP contribution in [0.15, 0.2) is 36.4 Å². The third kappa shape index (κ3) is 3.14. The van der Waals surface area contributed by atoms with Gasteiger partial charge in [-0.1, -0.05) is 0 Å². The van der Waals surface area contributed by atoms with Crippen LogP contribution in [0.5, 0.6) is 11.5 Å². The molecule has 0 atom stereocenters. The van der Waals surface area contributed by atoms with Crippen LogP contribution in [-0.2, 0) is 13.5 Å². The molecule has 1 amide bonds. The largest absolute Gasteiger partial charge is 0.493 e. The lowest BCUT2D eigenvalue weighted by atomic mass is 10.1. The van der Waals surface area contributed by atoms with E-state index in [1.165, 1.54) is 6.92 Å². The van der Waals surface area contributed by atoms with Crippen molar-refractivity contribution in [1.29, 1.82) is 0 Å². The highest BCUT2D eigenvalue weighted by Gasteiger charge is 2.31. The van der Waals surface area contributed by atoms with Crippen LogP contribution in [0.2, 0.25) is 0 Å². The molecule has 0 radical (unpaired) electrons. The van der Waals surface area contributed by atoms with Crippen LogP contribution in [-0.4, -0.2) is 35.7 Å². The zero-order valence-electron chi connectivity index (χ0n) is 16.7. The van der Waals surface area contributed by atoms with Gasteiger partial charge in [0.1, 0.15) is 0 Å². The summed E-state index contributed by atoms with van der Waals surface area (Å²) in [5, 5.41) is 7.31. The lowest BCUT2D eigenvalue weighted by Gasteiger charge is -2.11. The van der Waals surface area contributed by atoms with E-state index in [-0.39, 0.29) is 11.7 Å². The second-order valence-electron chi connectivity index (χ2n) is 6.93. The Balaban J connectivity index is 1.66. The van der Waals surface area contributed by atoms with Gasteiger partial charge < -0.3 is 14.8 Å². The number of carbonyl (C=O) groups is 2. The smallest absolute Gasteiger partial charge is 0.276 e. The normalized spacial score (nSPS) is 11.6. The second-order valence-corrected chi connectivity index (χ2v) is 6.93. The van der Waals surface area contributed by atoms with Gasteiger partial charge in [-0.3, -0.25) is 14.3 Å². The van der Waals surface area contributed by atoms with E-state index in [4.69, 9.17) is 9.47 Å². The van der Waals surface area contributed by atoms with Gasteiger partial charge in [0.05, 0.1) is 19.9 Å². The van der Waals surface area contributed by atoms with Gasteiger partial charge in [-0.15, -0.1) is 0 Å². The summed E-state index contributed by atoms with van der Waals surface area (Å²) in [5.74, 6) is 0.985. The first-order chi connectivity index (χ1) is 13.9. The lowest BCUT2D eigenvalue weighted by molar-refractivity contribution is 0.101. The summed E-state index contributed by atoms with van der Waals surface area (Å²) >= 11 is 0. The predicted molar refractivity (Wildman–Crippen MR) is 109 cm³/mol. The molecular weight excluding hydrogens is 370 g/mol. The van der Waals surface area contributed by atoms with Gasteiger partial charge in [0.25, 0.3) is 5.91 Å². The van der Waals surface area contributed by atoms with Crippen LogP contribution >= 0.6 is 0 Å². The summed E-state index contributed by atoms with van der Waals surface area (Å²) in [7, 11) is 5.02. The molecule has 1 heterocycles.